The number of carbonyl (C=O) groups excluding carboxylic acids is 2. The molecule has 0 heterocycles. The number of benzene rings is 2. The fourth-order valence-corrected chi connectivity index (χ4v) is 5.30. The van der Waals surface area contributed by atoms with E-state index in [1.54, 1.807) is 36.4 Å². The lowest BCUT2D eigenvalue weighted by atomic mass is 10.2. The van der Waals surface area contributed by atoms with Crippen LogP contribution in [0.1, 0.15) is 76.1 Å². The van der Waals surface area contributed by atoms with E-state index >= 15 is 0 Å². The van der Waals surface area contributed by atoms with Crippen LogP contribution >= 0.6 is 11.8 Å². The molecular formula is C30H48N2O4S. The number of carboxylic acids is 2. The number of hydrogen-bond donors (Lipinski definition) is 0. The molecule has 37 heavy (non-hydrogen) atoms. The van der Waals surface area contributed by atoms with Crippen LogP contribution in [0.25, 0.3) is 0 Å². The van der Waals surface area contributed by atoms with E-state index in [-0.39, 0.29) is 11.1 Å². The third-order valence-corrected chi connectivity index (χ3v) is 8.95. The molecule has 2 aromatic carbocycles. The molecule has 0 unspecified atom stereocenters. The average Bonchev–Trinajstić information content (AvgIpc) is 2.93. The fraction of sp³-hybridized carbons (Fsp3) is 0.533. The Hall–Kier alpha value is -2.35. The molecular weight excluding hydrogens is 484 g/mol. The molecule has 0 saturated heterocycles. The zero-order valence-electron chi connectivity index (χ0n) is 24.2. The number of hydrogen-bond acceptors (Lipinski definition) is 5. The van der Waals surface area contributed by atoms with Gasteiger partial charge in [0.15, 0.2) is 0 Å². The monoisotopic (exact) mass is 532 g/mol. The van der Waals surface area contributed by atoms with Crippen molar-refractivity contribution in [3.05, 3.63) is 59.7 Å². The normalized spacial score (nSPS) is 11.0. The lowest BCUT2D eigenvalue weighted by molar-refractivity contribution is -0.921. The fourth-order valence-electron chi connectivity index (χ4n) is 4.25. The molecule has 0 fully saturated rings. The first-order valence-corrected chi connectivity index (χ1v) is 14.4. The predicted molar refractivity (Wildman–Crippen MR) is 151 cm³/mol. The van der Waals surface area contributed by atoms with Crippen LogP contribution < -0.4 is 10.2 Å². The molecule has 0 aliphatic rings. The van der Waals surface area contributed by atoms with E-state index < -0.39 is 11.9 Å². The molecule has 0 aliphatic carbocycles. The molecule has 0 radical (unpaired) electrons. The number of nitrogens with zero attached hydrogens (tertiary/aromatic N) is 2. The number of carbonyl (C=O) groups is 2. The van der Waals surface area contributed by atoms with Gasteiger partial charge in [0.1, 0.15) is 0 Å². The number of quaternary nitrogens is 2. The number of carboxylic acid groups (broad SMARTS) is 2. The van der Waals surface area contributed by atoms with Gasteiger partial charge in [0.2, 0.25) is 0 Å². The van der Waals surface area contributed by atoms with Crippen molar-refractivity contribution in [2.24, 2.45) is 0 Å². The van der Waals surface area contributed by atoms with Crippen LogP contribution in [0, 0.1) is 0 Å². The molecule has 0 amide bonds. The highest BCUT2D eigenvalue weighted by Gasteiger charge is 2.17. The quantitative estimate of drug-likeness (QED) is 0.380. The predicted octanol–water partition coefficient (Wildman–Crippen LogP) is 4.33. The standard InChI is InChI=1S/C14H10O4S.2C8H20N/c15-13(16)9-5-1-3-7-11(9)19-12-8-4-2-6-10(12)14(17)18;2*1-5-9(6-2,7-3)8-4/h1-8H,(H,15,16)(H,17,18);2*5-8H2,1-4H3/q;2*+1/p-2. The van der Waals surface area contributed by atoms with Gasteiger partial charge >= 0.3 is 0 Å². The van der Waals surface area contributed by atoms with Crippen molar-refractivity contribution in [2.45, 2.75) is 65.2 Å². The van der Waals surface area contributed by atoms with E-state index in [9.17, 15) is 19.8 Å². The third-order valence-electron chi connectivity index (χ3n) is 7.80. The Labute approximate surface area is 229 Å². The van der Waals surface area contributed by atoms with Gasteiger partial charge in [-0.1, -0.05) is 48.2 Å². The SMILES string of the molecule is CC[N+](CC)(CC)CC.CC[N+](CC)(CC)CC.O=C([O-])c1ccccc1Sc1ccccc1C(=O)[O-]. The van der Waals surface area contributed by atoms with Gasteiger partial charge in [-0.25, -0.2) is 0 Å². The van der Waals surface area contributed by atoms with Crippen molar-refractivity contribution in [3.8, 4) is 0 Å². The van der Waals surface area contributed by atoms with Crippen molar-refractivity contribution in [3.63, 3.8) is 0 Å². The summed E-state index contributed by atoms with van der Waals surface area (Å²) in [6.45, 7) is 28.4. The molecule has 0 aromatic heterocycles. The Bertz CT molecular complexity index is 830. The summed E-state index contributed by atoms with van der Waals surface area (Å²) in [6.07, 6.45) is 0. The highest BCUT2D eigenvalue weighted by atomic mass is 32.2. The Balaban J connectivity index is 0.000000606. The molecule has 0 bridgehead atoms. The van der Waals surface area contributed by atoms with Crippen LogP contribution in [0.5, 0.6) is 0 Å². The summed E-state index contributed by atoms with van der Waals surface area (Å²) in [6, 6.07) is 12.6. The molecule has 0 aliphatic heterocycles. The van der Waals surface area contributed by atoms with Gasteiger partial charge in [-0.05, 0) is 67.5 Å². The Kier molecular flexibility index (Phi) is 16.9. The summed E-state index contributed by atoms with van der Waals surface area (Å²) in [4.78, 5) is 22.8. The van der Waals surface area contributed by atoms with Crippen LogP contribution in [-0.2, 0) is 0 Å². The maximum absolute atomic E-state index is 11.0. The Morgan fingerprint density at radius 1 is 0.541 bits per heavy atom. The van der Waals surface area contributed by atoms with Crippen LogP contribution in [0.2, 0.25) is 0 Å². The summed E-state index contributed by atoms with van der Waals surface area (Å²) < 4.78 is 2.56. The van der Waals surface area contributed by atoms with E-state index in [2.05, 4.69) is 55.4 Å². The van der Waals surface area contributed by atoms with Crippen LogP contribution in [0.15, 0.2) is 58.3 Å². The van der Waals surface area contributed by atoms with Gasteiger partial charge in [0, 0.05) is 20.9 Å². The molecule has 2 rings (SSSR count). The topological polar surface area (TPSA) is 80.3 Å². The summed E-state index contributed by atoms with van der Waals surface area (Å²) in [5.41, 5.74) is 0.0568. The van der Waals surface area contributed by atoms with E-state index in [0.717, 1.165) is 11.8 Å². The van der Waals surface area contributed by atoms with E-state index in [4.69, 9.17) is 0 Å². The molecule has 2 aromatic rings. The van der Waals surface area contributed by atoms with E-state index in [0.29, 0.717) is 9.79 Å². The zero-order chi connectivity index (χ0) is 28.5. The molecule has 208 valence electrons. The molecule has 0 N–H and O–H groups in total. The number of aromatic carboxylic acids is 2. The molecule has 6 nitrogen and oxygen atoms in total. The van der Waals surface area contributed by atoms with Crippen LogP contribution in [0.4, 0.5) is 0 Å². The Morgan fingerprint density at radius 3 is 0.973 bits per heavy atom. The first-order valence-electron chi connectivity index (χ1n) is 13.6. The van der Waals surface area contributed by atoms with Gasteiger partial charge in [-0.2, -0.15) is 0 Å². The van der Waals surface area contributed by atoms with Crippen molar-refractivity contribution in [1.82, 2.24) is 0 Å². The minimum Gasteiger partial charge on any atom is -0.545 e. The average molecular weight is 533 g/mol. The second-order valence-electron chi connectivity index (χ2n) is 8.88. The van der Waals surface area contributed by atoms with Gasteiger partial charge in [0.05, 0.1) is 64.3 Å². The van der Waals surface area contributed by atoms with Crippen molar-refractivity contribution >= 4 is 23.7 Å². The highest BCUT2D eigenvalue weighted by Crippen LogP contribution is 2.32. The lowest BCUT2D eigenvalue weighted by Gasteiger charge is -2.34. The summed E-state index contributed by atoms with van der Waals surface area (Å²) in [7, 11) is 0. The highest BCUT2D eigenvalue weighted by molar-refractivity contribution is 7.99. The van der Waals surface area contributed by atoms with Crippen molar-refractivity contribution < 1.29 is 28.8 Å². The third kappa shape index (κ3) is 10.9. The maximum atomic E-state index is 11.0. The minimum absolute atomic E-state index is 0.0284. The number of rotatable bonds is 12. The maximum Gasteiger partial charge on any atom is 0.0757 e. The largest absolute Gasteiger partial charge is 0.545 e. The second kappa shape index (κ2) is 18.0. The van der Waals surface area contributed by atoms with E-state index in [1.165, 1.54) is 73.5 Å². The zero-order valence-corrected chi connectivity index (χ0v) is 25.0. The molecule has 0 atom stereocenters. The lowest BCUT2D eigenvalue weighted by Crippen LogP contribution is -2.47. The van der Waals surface area contributed by atoms with Crippen LogP contribution in [0.3, 0.4) is 0 Å². The molecule has 7 heteroatoms. The van der Waals surface area contributed by atoms with Gasteiger partial charge < -0.3 is 28.8 Å². The van der Waals surface area contributed by atoms with Gasteiger partial charge in [-0.3, -0.25) is 0 Å². The smallest absolute Gasteiger partial charge is 0.0757 e. The summed E-state index contributed by atoms with van der Waals surface area (Å²) >= 11 is 1.06. The van der Waals surface area contributed by atoms with Crippen molar-refractivity contribution in [1.29, 1.82) is 0 Å². The molecule has 0 saturated carbocycles. The summed E-state index contributed by atoms with van der Waals surface area (Å²) in [5, 5.41) is 22.0. The minimum atomic E-state index is -1.30. The van der Waals surface area contributed by atoms with E-state index in [1.807, 2.05) is 0 Å². The van der Waals surface area contributed by atoms with Crippen molar-refractivity contribution in [2.75, 3.05) is 52.4 Å². The first kappa shape index (κ1) is 34.6. The van der Waals surface area contributed by atoms with Crippen LogP contribution in [-0.4, -0.2) is 73.3 Å². The summed E-state index contributed by atoms with van der Waals surface area (Å²) in [5.74, 6) is -2.59. The van der Waals surface area contributed by atoms with Gasteiger partial charge in [0.25, 0.3) is 0 Å². The second-order valence-corrected chi connectivity index (χ2v) is 9.97. The van der Waals surface area contributed by atoms with Gasteiger partial charge in [-0.15, -0.1) is 0 Å². The molecule has 0 spiro atoms. The Morgan fingerprint density at radius 2 is 0.784 bits per heavy atom. The first-order chi connectivity index (χ1) is 17.6.